The number of hydrogen-bond acceptors (Lipinski definition) is 7. The maximum absolute atomic E-state index is 12.3. The highest BCUT2D eigenvalue weighted by Gasteiger charge is 2.13. The molecule has 0 saturated heterocycles. The quantitative estimate of drug-likeness (QED) is 0.369. The van der Waals surface area contributed by atoms with Crippen LogP contribution in [0.2, 0.25) is 5.02 Å². The average molecular weight is 428 g/mol. The van der Waals surface area contributed by atoms with Crippen LogP contribution < -0.4 is 5.32 Å². The lowest BCUT2D eigenvalue weighted by molar-refractivity contribution is -0.113. The number of para-hydroxylation sites is 1. The summed E-state index contributed by atoms with van der Waals surface area (Å²) in [5.41, 5.74) is 2.82. The van der Waals surface area contributed by atoms with Gasteiger partial charge in [-0.2, -0.15) is 0 Å². The number of fused-ring (bicyclic) bond motifs is 3. The summed E-state index contributed by atoms with van der Waals surface area (Å²) in [6.07, 6.45) is 0. The lowest BCUT2D eigenvalue weighted by Gasteiger charge is -2.08. The number of ether oxygens (including phenoxy) is 1. The Morgan fingerprint density at radius 3 is 2.86 bits per heavy atom. The number of aromatic nitrogens is 4. The zero-order chi connectivity index (χ0) is 20.4. The fraction of sp³-hybridized carbons (Fsp3) is 0.105. The van der Waals surface area contributed by atoms with Gasteiger partial charge in [-0.1, -0.05) is 41.6 Å². The minimum atomic E-state index is -0.516. The Bertz CT molecular complexity index is 1240. The van der Waals surface area contributed by atoms with Gasteiger partial charge in [0.1, 0.15) is 5.52 Å². The smallest absolute Gasteiger partial charge is 0.337 e. The van der Waals surface area contributed by atoms with Crippen LogP contribution in [0.4, 0.5) is 5.69 Å². The Morgan fingerprint density at radius 1 is 1.21 bits per heavy atom. The molecule has 2 aromatic carbocycles. The molecular weight excluding hydrogens is 414 g/mol. The predicted molar refractivity (Wildman–Crippen MR) is 111 cm³/mol. The van der Waals surface area contributed by atoms with Gasteiger partial charge in [-0.25, -0.2) is 9.78 Å². The van der Waals surface area contributed by atoms with Gasteiger partial charge >= 0.3 is 5.97 Å². The number of aromatic amines is 1. The van der Waals surface area contributed by atoms with Crippen LogP contribution in [0.15, 0.2) is 47.6 Å². The van der Waals surface area contributed by atoms with E-state index in [1.807, 2.05) is 24.3 Å². The van der Waals surface area contributed by atoms with Crippen LogP contribution >= 0.6 is 23.4 Å². The van der Waals surface area contributed by atoms with Crippen molar-refractivity contribution < 1.29 is 14.3 Å². The van der Waals surface area contributed by atoms with E-state index in [1.165, 1.54) is 25.3 Å². The molecule has 0 unspecified atom stereocenters. The first-order valence-corrected chi connectivity index (χ1v) is 9.83. The number of carbonyl (C=O) groups is 2. The summed E-state index contributed by atoms with van der Waals surface area (Å²) in [6, 6.07) is 12.2. The normalized spacial score (nSPS) is 11.0. The third-order valence-corrected chi connectivity index (χ3v) is 5.26. The summed E-state index contributed by atoms with van der Waals surface area (Å²) in [5, 5.41) is 12.6. The van der Waals surface area contributed by atoms with Crippen LogP contribution in [0.25, 0.3) is 22.1 Å². The number of nitrogens with one attached hydrogen (secondary N) is 2. The molecule has 0 aliphatic rings. The number of carbonyl (C=O) groups excluding carboxylic acids is 2. The number of halogens is 1. The van der Waals surface area contributed by atoms with Crippen LogP contribution in [0.1, 0.15) is 10.4 Å². The minimum Gasteiger partial charge on any atom is -0.465 e. The van der Waals surface area contributed by atoms with Gasteiger partial charge < -0.3 is 15.0 Å². The van der Waals surface area contributed by atoms with Gasteiger partial charge in [0, 0.05) is 10.9 Å². The first-order chi connectivity index (χ1) is 14.0. The van der Waals surface area contributed by atoms with Gasteiger partial charge in [0.2, 0.25) is 11.1 Å². The molecule has 2 aromatic heterocycles. The number of amides is 1. The van der Waals surface area contributed by atoms with E-state index in [1.54, 1.807) is 0 Å². The molecule has 146 valence electrons. The average Bonchev–Trinajstić information content (AvgIpc) is 3.11. The molecule has 4 rings (SSSR count). The molecule has 0 bridgehead atoms. The topological polar surface area (TPSA) is 110 Å². The largest absolute Gasteiger partial charge is 0.465 e. The number of hydrogen-bond donors (Lipinski definition) is 2. The summed E-state index contributed by atoms with van der Waals surface area (Å²) in [7, 11) is 1.28. The van der Waals surface area contributed by atoms with Gasteiger partial charge in [-0.3, -0.25) is 4.79 Å². The Balaban J connectivity index is 1.46. The standard InChI is InChI=1S/C19H14ClN5O3S/c1-28-18(27)10-6-7-12(20)14(8-10)21-15(26)9-29-19-23-17-16(24-25-19)11-4-2-3-5-13(11)22-17/h2-8H,9H2,1H3,(H,21,26)(H,22,23,25). The van der Waals surface area contributed by atoms with Crippen molar-refractivity contribution in [3.05, 3.63) is 53.1 Å². The van der Waals surface area contributed by atoms with E-state index >= 15 is 0 Å². The number of rotatable bonds is 5. The molecule has 2 N–H and O–H groups in total. The first-order valence-electron chi connectivity index (χ1n) is 8.47. The summed E-state index contributed by atoms with van der Waals surface area (Å²) in [5.74, 6) is -0.788. The van der Waals surface area contributed by atoms with E-state index in [-0.39, 0.29) is 17.2 Å². The van der Waals surface area contributed by atoms with Crippen LogP contribution in [0.3, 0.4) is 0 Å². The van der Waals surface area contributed by atoms with Crippen LogP contribution in [0.5, 0.6) is 0 Å². The van der Waals surface area contributed by atoms with Crippen molar-refractivity contribution >= 4 is 63.0 Å². The van der Waals surface area contributed by atoms with Crippen LogP contribution in [0, 0.1) is 0 Å². The molecule has 0 radical (unpaired) electrons. The van der Waals surface area contributed by atoms with E-state index in [0.29, 0.717) is 27.0 Å². The zero-order valence-electron chi connectivity index (χ0n) is 15.1. The SMILES string of the molecule is COC(=O)c1ccc(Cl)c(NC(=O)CSc2nnc3c(n2)[nH]c2ccccc23)c1. The molecule has 0 aliphatic carbocycles. The van der Waals surface area contributed by atoms with Gasteiger partial charge in [0.05, 0.1) is 29.1 Å². The first kappa shape index (κ1) is 19.2. The van der Waals surface area contributed by atoms with E-state index in [0.717, 1.165) is 22.7 Å². The molecule has 0 atom stereocenters. The fourth-order valence-corrected chi connectivity index (χ4v) is 3.50. The zero-order valence-corrected chi connectivity index (χ0v) is 16.7. The van der Waals surface area contributed by atoms with Gasteiger partial charge in [0.25, 0.3) is 0 Å². The molecular formula is C19H14ClN5O3S. The number of H-pyrrole nitrogens is 1. The van der Waals surface area contributed by atoms with Crippen molar-refractivity contribution in [2.45, 2.75) is 5.16 Å². The second-order valence-electron chi connectivity index (χ2n) is 5.99. The Morgan fingerprint density at radius 2 is 2.03 bits per heavy atom. The van der Waals surface area contributed by atoms with Crippen LogP contribution in [-0.4, -0.2) is 44.9 Å². The maximum atomic E-state index is 12.3. The minimum absolute atomic E-state index is 0.0478. The second-order valence-corrected chi connectivity index (χ2v) is 7.33. The molecule has 1 amide bonds. The van der Waals surface area contributed by atoms with Crippen molar-refractivity contribution in [1.82, 2.24) is 20.2 Å². The maximum Gasteiger partial charge on any atom is 0.337 e. The number of thioether (sulfide) groups is 1. The molecule has 8 nitrogen and oxygen atoms in total. The molecule has 29 heavy (non-hydrogen) atoms. The number of nitrogens with zero attached hydrogens (tertiary/aromatic N) is 3. The molecule has 4 aromatic rings. The van der Waals surface area contributed by atoms with Gasteiger partial charge in [-0.15, -0.1) is 10.2 Å². The molecule has 0 spiro atoms. The number of methoxy groups -OCH3 is 1. The van der Waals surface area contributed by atoms with E-state index in [9.17, 15) is 9.59 Å². The van der Waals surface area contributed by atoms with E-state index in [4.69, 9.17) is 11.6 Å². The van der Waals surface area contributed by atoms with Gasteiger partial charge in [-0.05, 0) is 24.3 Å². The lowest BCUT2D eigenvalue weighted by Crippen LogP contribution is -2.15. The Kier molecular flexibility index (Phi) is 5.32. The van der Waals surface area contributed by atoms with E-state index in [2.05, 4.69) is 30.2 Å². The van der Waals surface area contributed by atoms with Crippen molar-refractivity contribution in [3.8, 4) is 0 Å². The number of anilines is 1. The highest BCUT2D eigenvalue weighted by molar-refractivity contribution is 7.99. The van der Waals surface area contributed by atoms with E-state index < -0.39 is 5.97 Å². The van der Waals surface area contributed by atoms with Crippen molar-refractivity contribution in [3.63, 3.8) is 0 Å². The van der Waals surface area contributed by atoms with Crippen molar-refractivity contribution in [1.29, 1.82) is 0 Å². The molecule has 0 aliphatic heterocycles. The summed E-state index contributed by atoms with van der Waals surface area (Å²) in [4.78, 5) is 31.6. The van der Waals surface area contributed by atoms with Crippen molar-refractivity contribution in [2.24, 2.45) is 0 Å². The lowest BCUT2D eigenvalue weighted by atomic mass is 10.2. The number of esters is 1. The molecule has 10 heteroatoms. The summed E-state index contributed by atoms with van der Waals surface area (Å²) >= 11 is 7.24. The highest BCUT2D eigenvalue weighted by atomic mass is 35.5. The highest BCUT2D eigenvalue weighted by Crippen LogP contribution is 2.25. The molecule has 2 heterocycles. The summed E-state index contributed by atoms with van der Waals surface area (Å²) in [6.45, 7) is 0. The van der Waals surface area contributed by atoms with Gasteiger partial charge in [0.15, 0.2) is 5.65 Å². The Labute approximate surface area is 174 Å². The number of benzene rings is 2. The monoisotopic (exact) mass is 427 g/mol. The fourth-order valence-electron chi connectivity index (χ4n) is 2.75. The summed E-state index contributed by atoms with van der Waals surface area (Å²) < 4.78 is 4.67. The van der Waals surface area contributed by atoms with Crippen LogP contribution in [-0.2, 0) is 9.53 Å². The predicted octanol–water partition coefficient (Wildman–Crippen LogP) is 3.68. The third-order valence-electron chi connectivity index (χ3n) is 4.10. The third kappa shape index (κ3) is 4.01. The van der Waals surface area contributed by atoms with Crippen molar-refractivity contribution in [2.75, 3.05) is 18.2 Å². The Hall–Kier alpha value is -3.17. The second kappa shape index (κ2) is 8.06. The molecule has 0 saturated carbocycles. The molecule has 0 fully saturated rings.